The molecule has 1 aliphatic rings. The molecule has 1 aromatic rings. The molecule has 2 unspecified atom stereocenters. The van der Waals surface area contributed by atoms with E-state index in [-0.39, 0.29) is 6.61 Å². The largest absolute Gasteiger partial charge is 0.396 e. The van der Waals surface area contributed by atoms with Crippen LogP contribution in [0.1, 0.15) is 19.3 Å². The summed E-state index contributed by atoms with van der Waals surface area (Å²) in [6.07, 6.45) is 4.57. The number of aromatic nitrogens is 2. The van der Waals surface area contributed by atoms with Crippen LogP contribution < -0.4 is 5.32 Å². The lowest BCUT2D eigenvalue weighted by Crippen LogP contribution is -2.21. The van der Waals surface area contributed by atoms with Gasteiger partial charge in [-0.15, -0.1) is 0 Å². The fourth-order valence-electron chi connectivity index (χ4n) is 2.29. The topological polar surface area (TPSA) is 58.0 Å². The van der Waals surface area contributed by atoms with Crippen LogP contribution in [0.4, 0.5) is 10.2 Å². The molecule has 2 atom stereocenters. The number of halogens is 1. The van der Waals surface area contributed by atoms with Crippen LogP contribution in [0, 0.1) is 17.8 Å². The summed E-state index contributed by atoms with van der Waals surface area (Å²) >= 11 is 0. The number of hydrogen-bond donors (Lipinski definition) is 2. The third-order valence-electron chi connectivity index (χ3n) is 3.23. The van der Waals surface area contributed by atoms with Crippen molar-refractivity contribution in [3.63, 3.8) is 0 Å². The van der Waals surface area contributed by atoms with Crippen LogP contribution in [0.25, 0.3) is 0 Å². The van der Waals surface area contributed by atoms with Crippen LogP contribution >= 0.6 is 0 Å². The summed E-state index contributed by atoms with van der Waals surface area (Å²) in [7, 11) is 0. The molecule has 1 aromatic heterocycles. The predicted molar refractivity (Wildman–Crippen MR) is 58.4 cm³/mol. The summed E-state index contributed by atoms with van der Waals surface area (Å²) in [5.41, 5.74) is 0. The second kappa shape index (κ2) is 5.21. The van der Waals surface area contributed by atoms with Crippen molar-refractivity contribution in [3.8, 4) is 0 Å². The third-order valence-corrected chi connectivity index (χ3v) is 3.23. The Labute approximate surface area is 93.9 Å². The molecule has 0 amide bonds. The number of nitrogens with one attached hydrogen (secondary N) is 1. The van der Waals surface area contributed by atoms with Gasteiger partial charge in [0.15, 0.2) is 0 Å². The fraction of sp³-hybridized carbons (Fsp3) is 0.636. The molecule has 1 aliphatic carbocycles. The lowest BCUT2D eigenvalue weighted by molar-refractivity contribution is 0.199. The molecule has 88 valence electrons. The summed E-state index contributed by atoms with van der Waals surface area (Å²) in [5, 5.41) is 12.3. The highest BCUT2D eigenvalue weighted by Crippen LogP contribution is 2.31. The molecule has 1 saturated carbocycles. The van der Waals surface area contributed by atoms with E-state index in [4.69, 9.17) is 5.11 Å². The van der Waals surface area contributed by atoms with Crippen LogP contribution in [-0.2, 0) is 0 Å². The molecule has 0 aromatic carbocycles. The molecular weight excluding hydrogens is 209 g/mol. The summed E-state index contributed by atoms with van der Waals surface area (Å²) in [4.78, 5) is 7.32. The van der Waals surface area contributed by atoms with Gasteiger partial charge >= 0.3 is 0 Å². The van der Waals surface area contributed by atoms with Crippen molar-refractivity contribution in [2.75, 3.05) is 18.5 Å². The molecule has 0 spiro atoms. The molecule has 0 radical (unpaired) electrons. The van der Waals surface area contributed by atoms with Crippen LogP contribution in [0.5, 0.6) is 0 Å². The summed E-state index contributed by atoms with van der Waals surface area (Å²) in [5.74, 6) is 0.820. The lowest BCUT2D eigenvalue weighted by Gasteiger charge is -2.17. The zero-order chi connectivity index (χ0) is 11.4. The van der Waals surface area contributed by atoms with Gasteiger partial charge in [0.05, 0.1) is 0 Å². The molecule has 16 heavy (non-hydrogen) atoms. The van der Waals surface area contributed by atoms with E-state index in [9.17, 15) is 4.39 Å². The Morgan fingerprint density at radius 2 is 2.19 bits per heavy atom. The lowest BCUT2D eigenvalue weighted by atomic mass is 9.97. The van der Waals surface area contributed by atoms with Gasteiger partial charge in [-0.2, -0.15) is 4.39 Å². The van der Waals surface area contributed by atoms with Gasteiger partial charge in [-0.3, -0.25) is 0 Å². The fourth-order valence-corrected chi connectivity index (χ4v) is 2.29. The summed E-state index contributed by atoms with van der Waals surface area (Å²) in [6, 6.07) is 1.28. The molecule has 2 rings (SSSR count). The Balaban J connectivity index is 1.87. The van der Waals surface area contributed by atoms with Crippen LogP contribution in [0.15, 0.2) is 12.4 Å². The Hall–Kier alpha value is -1.23. The van der Waals surface area contributed by atoms with E-state index in [0.29, 0.717) is 17.7 Å². The monoisotopic (exact) mass is 225 g/mol. The van der Waals surface area contributed by atoms with Crippen LogP contribution in [0.3, 0.4) is 0 Å². The maximum atomic E-state index is 12.8. The van der Waals surface area contributed by atoms with E-state index in [2.05, 4.69) is 15.3 Å². The standard InChI is InChI=1S/C11H16FN3O/c12-10-4-11(15-7-14-10)13-5-8-2-1-3-9(8)6-16/h4,7-9,16H,1-3,5-6H2,(H,13,14,15). The predicted octanol–water partition coefficient (Wildman–Crippen LogP) is 1.44. The van der Waals surface area contributed by atoms with Gasteiger partial charge in [0.25, 0.3) is 0 Å². The van der Waals surface area contributed by atoms with Crippen molar-refractivity contribution in [2.24, 2.45) is 11.8 Å². The van der Waals surface area contributed by atoms with E-state index >= 15 is 0 Å². The van der Waals surface area contributed by atoms with Gasteiger partial charge < -0.3 is 10.4 Å². The van der Waals surface area contributed by atoms with E-state index in [1.165, 1.54) is 12.4 Å². The van der Waals surface area contributed by atoms with E-state index < -0.39 is 5.95 Å². The zero-order valence-electron chi connectivity index (χ0n) is 9.06. The number of rotatable bonds is 4. The maximum Gasteiger partial charge on any atom is 0.217 e. The Kier molecular flexibility index (Phi) is 3.66. The molecule has 0 bridgehead atoms. The minimum Gasteiger partial charge on any atom is -0.396 e. The van der Waals surface area contributed by atoms with Crippen molar-refractivity contribution in [1.82, 2.24) is 9.97 Å². The van der Waals surface area contributed by atoms with Gasteiger partial charge in [0.2, 0.25) is 5.95 Å². The van der Waals surface area contributed by atoms with Gasteiger partial charge in [-0.1, -0.05) is 6.42 Å². The number of nitrogens with zero attached hydrogens (tertiary/aromatic N) is 2. The second-order valence-corrected chi connectivity index (χ2v) is 4.24. The average molecular weight is 225 g/mol. The highest BCUT2D eigenvalue weighted by atomic mass is 19.1. The van der Waals surface area contributed by atoms with Gasteiger partial charge in [0, 0.05) is 19.2 Å². The highest BCUT2D eigenvalue weighted by Gasteiger charge is 2.26. The van der Waals surface area contributed by atoms with Crippen molar-refractivity contribution >= 4 is 5.82 Å². The summed E-state index contributed by atoms with van der Waals surface area (Å²) < 4.78 is 12.8. The van der Waals surface area contributed by atoms with Crippen molar-refractivity contribution in [1.29, 1.82) is 0 Å². The van der Waals surface area contributed by atoms with Crippen molar-refractivity contribution < 1.29 is 9.50 Å². The molecule has 4 nitrogen and oxygen atoms in total. The first kappa shape index (κ1) is 11.3. The number of anilines is 1. The van der Waals surface area contributed by atoms with E-state index in [1.807, 2.05) is 0 Å². The molecular formula is C11H16FN3O. The minimum atomic E-state index is -0.525. The number of aliphatic hydroxyl groups excluding tert-OH is 1. The van der Waals surface area contributed by atoms with Gasteiger partial charge in [-0.25, -0.2) is 9.97 Å². The van der Waals surface area contributed by atoms with Gasteiger partial charge in [-0.05, 0) is 24.7 Å². The quantitative estimate of drug-likeness (QED) is 0.761. The molecule has 1 fully saturated rings. The molecule has 0 saturated heterocycles. The average Bonchev–Trinajstić information content (AvgIpc) is 2.74. The Bertz CT molecular complexity index is 348. The Morgan fingerprint density at radius 1 is 1.38 bits per heavy atom. The SMILES string of the molecule is OCC1CCCC1CNc1cc(F)ncn1. The van der Waals surface area contributed by atoms with E-state index in [0.717, 1.165) is 25.8 Å². The third kappa shape index (κ3) is 2.66. The minimum absolute atomic E-state index is 0.241. The molecule has 0 aliphatic heterocycles. The number of hydrogen-bond acceptors (Lipinski definition) is 4. The highest BCUT2D eigenvalue weighted by molar-refractivity contribution is 5.32. The Morgan fingerprint density at radius 3 is 2.94 bits per heavy atom. The van der Waals surface area contributed by atoms with Crippen LogP contribution in [-0.4, -0.2) is 28.2 Å². The number of aliphatic hydroxyl groups is 1. The van der Waals surface area contributed by atoms with Crippen molar-refractivity contribution in [2.45, 2.75) is 19.3 Å². The smallest absolute Gasteiger partial charge is 0.217 e. The second-order valence-electron chi connectivity index (χ2n) is 4.24. The summed E-state index contributed by atoms with van der Waals surface area (Å²) in [6.45, 7) is 0.978. The zero-order valence-corrected chi connectivity index (χ0v) is 9.06. The first-order chi connectivity index (χ1) is 7.79. The van der Waals surface area contributed by atoms with Gasteiger partial charge in [0.1, 0.15) is 12.1 Å². The molecule has 5 heteroatoms. The normalized spacial score (nSPS) is 24.6. The first-order valence-corrected chi connectivity index (χ1v) is 5.62. The maximum absolute atomic E-state index is 12.8. The van der Waals surface area contributed by atoms with Crippen molar-refractivity contribution in [3.05, 3.63) is 18.3 Å². The first-order valence-electron chi connectivity index (χ1n) is 5.62. The van der Waals surface area contributed by atoms with E-state index in [1.54, 1.807) is 0 Å². The van der Waals surface area contributed by atoms with Crippen LogP contribution in [0.2, 0.25) is 0 Å². The molecule has 1 heterocycles. The molecule has 2 N–H and O–H groups in total.